The van der Waals surface area contributed by atoms with Crippen LogP contribution in [0.1, 0.15) is 62.3 Å². The van der Waals surface area contributed by atoms with Crippen LogP contribution in [0.5, 0.6) is 0 Å². The van der Waals surface area contributed by atoms with Gasteiger partial charge in [-0.15, -0.1) is 22.0 Å². The van der Waals surface area contributed by atoms with E-state index < -0.39 is 5.60 Å². The van der Waals surface area contributed by atoms with Crippen molar-refractivity contribution in [3.63, 3.8) is 0 Å². The third kappa shape index (κ3) is 4.56. The molecule has 0 amide bonds. The van der Waals surface area contributed by atoms with Crippen LogP contribution in [-0.4, -0.2) is 39.6 Å². The molecule has 184 valence electrons. The Hall–Kier alpha value is -2.15. The van der Waals surface area contributed by atoms with Gasteiger partial charge in [-0.1, -0.05) is 80.6 Å². The summed E-state index contributed by atoms with van der Waals surface area (Å²) >= 11 is 2.03. The summed E-state index contributed by atoms with van der Waals surface area (Å²) in [5.74, 6) is 1.69. The molecule has 0 N–H and O–H groups in total. The second-order valence-corrected chi connectivity index (χ2v) is 12.2. The molecule has 0 spiro atoms. The van der Waals surface area contributed by atoms with Crippen LogP contribution < -0.4 is 5.11 Å². The van der Waals surface area contributed by atoms with Gasteiger partial charge in [0.15, 0.2) is 6.54 Å². The highest BCUT2D eigenvalue weighted by Crippen LogP contribution is 2.44. The fourth-order valence-corrected chi connectivity index (χ4v) is 8.25. The van der Waals surface area contributed by atoms with E-state index >= 15 is 0 Å². The molecule has 3 aliphatic heterocycles. The normalized spacial score (nSPS) is 28.6. The smallest absolute Gasteiger partial charge is 0.271 e. The average Bonchev–Trinajstić information content (AvgIpc) is 3.39. The third-order valence-electron chi connectivity index (χ3n) is 8.71. The number of rotatable bonds is 7. The highest BCUT2D eigenvalue weighted by atomic mass is 32.2. The van der Waals surface area contributed by atoms with Crippen molar-refractivity contribution in [3.8, 4) is 0 Å². The predicted octanol–water partition coefficient (Wildman–Crippen LogP) is 5.16. The Morgan fingerprint density at radius 1 is 0.886 bits per heavy atom. The van der Waals surface area contributed by atoms with Crippen LogP contribution in [0.25, 0.3) is 0 Å². The number of thioether (sulfide) groups is 1. The molecule has 1 saturated carbocycles. The first-order valence-corrected chi connectivity index (χ1v) is 14.2. The van der Waals surface area contributed by atoms with Gasteiger partial charge in [0.1, 0.15) is 0 Å². The molecule has 2 atom stereocenters. The van der Waals surface area contributed by atoms with Gasteiger partial charge >= 0.3 is 0 Å². The van der Waals surface area contributed by atoms with Crippen LogP contribution in [0.3, 0.4) is 0 Å². The molecule has 2 aromatic carbocycles. The van der Waals surface area contributed by atoms with Gasteiger partial charge in [0.2, 0.25) is 5.89 Å². The van der Waals surface area contributed by atoms with Crippen molar-refractivity contribution in [1.29, 1.82) is 0 Å². The fourth-order valence-electron chi connectivity index (χ4n) is 6.73. The number of quaternary nitrogens is 1. The highest BCUT2D eigenvalue weighted by molar-refractivity contribution is 8.00. The molecule has 6 heteroatoms. The van der Waals surface area contributed by atoms with Crippen LogP contribution in [0.15, 0.2) is 70.0 Å². The molecular formula is C29H35N3O2S. The number of nitrogens with zero attached hydrogens (tertiary/aromatic N) is 3. The molecule has 3 aromatic rings. The molecular weight excluding hydrogens is 454 g/mol. The van der Waals surface area contributed by atoms with Crippen LogP contribution in [0.4, 0.5) is 0 Å². The van der Waals surface area contributed by atoms with Gasteiger partial charge in [-0.2, -0.15) is 0 Å². The van der Waals surface area contributed by atoms with Crippen LogP contribution in [-0.2, 0) is 12.1 Å². The lowest BCUT2D eigenvalue weighted by Crippen LogP contribution is -2.62. The summed E-state index contributed by atoms with van der Waals surface area (Å²) in [7, 11) is 0. The van der Waals surface area contributed by atoms with E-state index in [0.717, 1.165) is 67.8 Å². The molecule has 4 heterocycles. The van der Waals surface area contributed by atoms with E-state index in [4.69, 9.17) is 4.42 Å². The second-order valence-electron chi connectivity index (χ2n) is 10.9. The lowest BCUT2D eigenvalue weighted by atomic mass is 9.73. The molecule has 1 aromatic heterocycles. The van der Waals surface area contributed by atoms with Gasteiger partial charge in [0.05, 0.1) is 24.9 Å². The number of benzene rings is 2. The maximum atomic E-state index is 14.6. The molecule has 1 unspecified atom stereocenters. The van der Waals surface area contributed by atoms with Gasteiger partial charge in [-0.3, -0.25) is 0 Å². The summed E-state index contributed by atoms with van der Waals surface area (Å²) in [5.41, 5.74) is -0.708. The van der Waals surface area contributed by atoms with E-state index in [1.165, 1.54) is 24.2 Å². The summed E-state index contributed by atoms with van der Waals surface area (Å²) in [6.45, 7) is 4.20. The van der Waals surface area contributed by atoms with Crippen molar-refractivity contribution < 1.29 is 14.0 Å². The Morgan fingerprint density at radius 3 is 2.29 bits per heavy atom. The van der Waals surface area contributed by atoms with Crippen molar-refractivity contribution in [2.75, 3.05) is 19.6 Å². The number of piperidine rings is 3. The Balaban J connectivity index is 1.24. The minimum atomic E-state index is -1.46. The fraction of sp³-hybridized carbons (Fsp3) is 0.517. The molecule has 4 aliphatic rings. The Kier molecular flexibility index (Phi) is 6.46. The molecule has 1 aliphatic carbocycles. The zero-order valence-corrected chi connectivity index (χ0v) is 21.2. The predicted molar refractivity (Wildman–Crippen MR) is 135 cm³/mol. The monoisotopic (exact) mass is 489 g/mol. The largest absolute Gasteiger partial charge is 0.839 e. The molecule has 5 nitrogen and oxygen atoms in total. The summed E-state index contributed by atoms with van der Waals surface area (Å²) in [6, 6.07) is 20.5. The van der Waals surface area contributed by atoms with Crippen molar-refractivity contribution in [2.24, 2.45) is 11.8 Å². The maximum absolute atomic E-state index is 14.6. The Morgan fingerprint density at radius 2 is 1.57 bits per heavy atom. The summed E-state index contributed by atoms with van der Waals surface area (Å²) in [5, 5.41) is 24.1. The molecule has 2 bridgehead atoms. The molecule has 3 saturated heterocycles. The first-order valence-electron chi connectivity index (χ1n) is 13.3. The standard InChI is InChI=1S/C29H35N3O2S/c33-29(23-10-4-1-5-11-23,24-12-6-2-7-13-24)28-31-30-27(34-28)21-32-18-16-22(17-19-32)26(20-32)35-25-14-8-3-9-15-25/h1,3-5,8-11,14-15,22,24,26H,2,6-7,12-13,16-21H2/t22?,26?,29-,32?/m0/s1. The zero-order chi connectivity index (χ0) is 23.7. The molecule has 35 heavy (non-hydrogen) atoms. The number of fused-ring (bicyclic) bond motifs is 3. The van der Waals surface area contributed by atoms with Gasteiger partial charge < -0.3 is 14.0 Å². The van der Waals surface area contributed by atoms with E-state index in [2.05, 4.69) is 40.5 Å². The first-order chi connectivity index (χ1) is 17.1. The Labute approximate surface area is 212 Å². The van der Waals surface area contributed by atoms with Crippen LogP contribution >= 0.6 is 11.8 Å². The first kappa shape index (κ1) is 23.3. The average molecular weight is 490 g/mol. The lowest BCUT2D eigenvalue weighted by molar-refractivity contribution is -0.955. The van der Waals surface area contributed by atoms with E-state index in [-0.39, 0.29) is 11.8 Å². The van der Waals surface area contributed by atoms with E-state index in [1.54, 1.807) is 0 Å². The third-order valence-corrected chi connectivity index (χ3v) is 10.1. The summed E-state index contributed by atoms with van der Waals surface area (Å²) in [4.78, 5) is 1.36. The van der Waals surface area contributed by atoms with Crippen molar-refractivity contribution in [2.45, 2.75) is 67.2 Å². The molecule has 7 rings (SSSR count). The SMILES string of the molecule is [O-][C@](c1ccccc1)(c1nnc(C[N+]23CCC(CC2)C(Sc2ccccc2)C3)o1)C1CCCCC1. The van der Waals surface area contributed by atoms with E-state index in [1.807, 2.05) is 42.1 Å². The highest BCUT2D eigenvalue weighted by Gasteiger charge is 2.47. The van der Waals surface area contributed by atoms with E-state index in [0.29, 0.717) is 11.1 Å². The van der Waals surface area contributed by atoms with Crippen molar-refractivity contribution in [1.82, 2.24) is 10.2 Å². The topological polar surface area (TPSA) is 62.0 Å². The van der Waals surface area contributed by atoms with Gasteiger partial charge in [-0.05, 0) is 35.1 Å². The van der Waals surface area contributed by atoms with Crippen molar-refractivity contribution >= 4 is 11.8 Å². The summed E-state index contributed by atoms with van der Waals surface area (Å²) < 4.78 is 7.30. The van der Waals surface area contributed by atoms with Gasteiger partial charge in [0, 0.05) is 17.7 Å². The number of hydrogen-bond acceptors (Lipinski definition) is 5. The molecule has 0 radical (unpaired) electrons. The number of aromatic nitrogens is 2. The van der Waals surface area contributed by atoms with Gasteiger partial charge in [-0.25, -0.2) is 0 Å². The maximum Gasteiger partial charge on any atom is 0.271 e. The Bertz CT molecular complexity index is 1110. The van der Waals surface area contributed by atoms with Crippen LogP contribution in [0, 0.1) is 11.8 Å². The summed E-state index contributed by atoms with van der Waals surface area (Å²) in [6.07, 6.45) is 7.77. The minimum Gasteiger partial charge on any atom is -0.839 e. The number of hydrogen-bond donors (Lipinski definition) is 0. The van der Waals surface area contributed by atoms with Crippen LogP contribution in [0.2, 0.25) is 0 Å². The van der Waals surface area contributed by atoms with Gasteiger partial charge in [0.25, 0.3) is 5.89 Å². The minimum absolute atomic E-state index is 0.00336. The molecule has 4 fully saturated rings. The van der Waals surface area contributed by atoms with Crippen molar-refractivity contribution in [3.05, 3.63) is 78.0 Å². The quantitative estimate of drug-likeness (QED) is 0.429. The zero-order valence-electron chi connectivity index (χ0n) is 20.4. The van der Waals surface area contributed by atoms with E-state index in [9.17, 15) is 5.11 Å². The lowest BCUT2D eigenvalue weighted by Gasteiger charge is -2.51. The second kappa shape index (κ2) is 9.72.